The van der Waals surface area contributed by atoms with Gasteiger partial charge in [-0.2, -0.15) is 0 Å². The molecule has 0 spiro atoms. The summed E-state index contributed by atoms with van der Waals surface area (Å²) in [6, 6.07) is 11.8. The maximum absolute atomic E-state index is 13.9. The normalized spacial score (nSPS) is 20.8. The van der Waals surface area contributed by atoms with Gasteiger partial charge in [-0.05, 0) is 61.7 Å². The fraction of sp³-hybridized carbons (Fsp3) is 0.379. The fourth-order valence-corrected chi connectivity index (χ4v) is 6.62. The molecule has 2 aromatic heterocycles. The highest BCUT2D eigenvalue weighted by atomic mass is 32.2. The summed E-state index contributed by atoms with van der Waals surface area (Å²) in [4.78, 5) is 38.7. The van der Waals surface area contributed by atoms with Crippen LogP contribution in [0.3, 0.4) is 0 Å². The van der Waals surface area contributed by atoms with Crippen LogP contribution < -0.4 is 20.1 Å². The summed E-state index contributed by atoms with van der Waals surface area (Å²) >= 11 is 6.79. The molecule has 0 radical (unpaired) electrons. The molecular formula is C29H31N5O4S2. The topological polar surface area (TPSA) is 79.6 Å². The zero-order chi connectivity index (χ0) is 27.8. The number of thioether (sulfide) groups is 1. The van der Waals surface area contributed by atoms with Crippen LogP contribution in [-0.4, -0.2) is 77.1 Å². The lowest BCUT2D eigenvalue weighted by Gasteiger charge is -2.37. The van der Waals surface area contributed by atoms with E-state index in [2.05, 4.69) is 21.9 Å². The molecule has 3 aliphatic rings. The predicted molar refractivity (Wildman–Crippen MR) is 162 cm³/mol. The highest BCUT2D eigenvalue weighted by molar-refractivity contribution is 8.26. The molecule has 5 heterocycles. The first-order valence-electron chi connectivity index (χ1n) is 13.5. The van der Waals surface area contributed by atoms with Crippen LogP contribution in [-0.2, 0) is 9.53 Å². The Morgan fingerprint density at radius 2 is 1.85 bits per heavy atom. The standard InChI is InChI=1S/C29H31N5O4S2/c1-19-5-10-25-30-26(32-13-11-31(12-14-32)20-6-8-21(37-2)9-7-20)23(27(35)33(25)17-19)16-24-28(36)34(29(39)40-24)18-22-4-3-15-38-22/h5-10,16-17,22H,3-4,11-15,18H2,1-2H3/b24-16-/t22-/m0/s1. The zero-order valence-electron chi connectivity index (χ0n) is 22.5. The number of piperazine rings is 1. The minimum atomic E-state index is -0.203. The number of thiocarbonyl (C=S) groups is 1. The number of ether oxygens (including phenoxy) is 2. The van der Waals surface area contributed by atoms with E-state index in [4.69, 9.17) is 26.7 Å². The number of methoxy groups -OCH3 is 1. The first-order chi connectivity index (χ1) is 19.4. The molecule has 0 unspecified atom stereocenters. The average Bonchev–Trinajstić information content (AvgIpc) is 3.59. The highest BCUT2D eigenvalue weighted by Crippen LogP contribution is 2.34. The minimum Gasteiger partial charge on any atom is -0.497 e. The van der Waals surface area contributed by atoms with Crippen molar-refractivity contribution in [2.24, 2.45) is 0 Å². The summed E-state index contributed by atoms with van der Waals surface area (Å²) in [5.41, 5.74) is 2.85. The largest absolute Gasteiger partial charge is 0.497 e. The van der Waals surface area contributed by atoms with Gasteiger partial charge in [0.25, 0.3) is 11.5 Å². The maximum Gasteiger partial charge on any atom is 0.267 e. The van der Waals surface area contributed by atoms with E-state index in [1.165, 1.54) is 11.8 Å². The second-order valence-corrected chi connectivity index (χ2v) is 11.9. The molecule has 1 amide bonds. The van der Waals surface area contributed by atoms with Gasteiger partial charge >= 0.3 is 0 Å². The second-order valence-electron chi connectivity index (χ2n) is 10.2. The second kappa shape index (κ2) is 11.2. The number of fused-ring (bicyclic) bond motifs is 1. The number of aryl methyl sites for hydroxylation is 1. The van der Waals surface area contributed by atoms with E-state index in [1.54, 1.807) is 28.7 Å². The molecule has 9 nitrogen and oxygen atoms in total. The number of aromatic nitrogens is 2. The summed E-state index contributed by atoms with van der Waals surface area (Å²) in [6.45, 7) is 5.99. The van der Waals surface area contributed by atoms with Crippen LogP contribution >= 0.6 is 24.0 Å². The molecule has 40 heavy (non-hydrogen) atoms. The Labute approximate surface area is 242 Å². The van der Waals surface area contributed by atoms with Crippen molar-refractivity contribution in [1.29, 1.82) is 0 Å². The van der Waals surface area contributed by atoms with Crippen LogP contribution in [0.5, 0.6) is 5.75 Å². The van der Waals surface area contributed by atoms with Crippen molar-refractivity contribution in [1.82, 2.24) is 14.3 Å². The lowest BCUT2D eigenvalue weighted by atomic mass is 10.2. The minimum absolute atomic E-state index is 0.00431. The number of pyridine rings is 1. The maximum atomic E-state index is 13.9. The summed E-state index contributed by atoms with van der Waals surface area (Å²) in [7, 11) is 1.66. The first kappa shape index (κ1) is 26.8. The van der Waals surface area contributed by atoms with Gasteiger partial charge in [-0.15, -0.1) is 0 Å². The van der Waals surface area contributed by atoms with Crippen LogP contribution in [0.1, 0.15) is 24.0 Å². The van der Waals surface area contributed by atoms with E-state index in [0.717, 1.165) is 42.9 Å². The Kier molecular flexibility index (Phi) is 7.52. The van der Waals surface area contributed by atoms with Crippen molar-refractivity contribution in [3.63, 3.8) is 0 Å². The Bertz CT molecular complexity index is 1540. The van der Waals surface area contributed by atoms with Gasteiger partial charge in [-0.3, -0.25) is 18.9 Å². The first-order valence-corrected chi connectivity index (χ1v) is 14.7. The molecule has 3 saturated heterocycles. The van der Waals surface area contributed by atoms with Gasteiger partial charge in [0.15, 0.2) is 0 Å². The quantitative estimate of drug-likeness (QED) is 0.322. The van der Waals surface area contributed by atoms with Gasteiger partial charge in [-0.25, -0.2) is 4.98 Å². The van der Waals surface area contributed by atoms with Crippen molar-refractivity contribution < 1.29 is 14.3 Å². The Balaban J connectivity index is 1.32. The van der Waals surface area contributed by atoms with E-state index < -0.39 is 0 Å². The lowest BCUT2D eigenvalue weighted by Crippen LogP contribution is -2.47. The van der Waals surface area contributed by atoms with Crippen molar-refractivity contribution in [3.05, 3.63) is 69.0 Å². The number of amides is 1. The van der Waals surface area contributed by atoms with Gasteiger partial charge in [0.1, 0.15) is 21.5 Å². The molecule has 3 aliphatic heterocycles. The Morgan fingerprint density at radius 3 is 2.55 bits per heavy atom. The number of carbonyl (C=O) groups is 1. The van der Waals surface area contributed by atoms with Crippen LogP contribution in [0.2, 0.25) is 0 Å². The van der Waals surface area contributed by atoms with Crippen LogP contribution in [0, 0.1) is 6.92 Å². The number of anilines is 2. The van der Waals surface area contributed by atoms with E-state index >= 15 is 0 Å². The summed E-state index contributed by atoms with van der Waals surface area (Å²) in [5, 5.41) is 0. The molecule has 0 saturated carbocycles. The average molecular weight is 578 g/mol. The van der Waals surface area contributed by atoms with Crippen LogP contribution in [0.15, 0.2) is 52.3 Å². The zero-order valence-corrected chi connectivity index (χ0v) is 24.2. The molecular weight excluding hydrogens is 546 g/mol. The lowest BCUT2D eigenvalue weighted by molar-refractivity contribution is -0.123. The Hall–Kier alpha value is -3.41. The number of hydrogen-bond acceptors (Lipinski definition) is 9. The van der Waals surface area contributed by atoms with Gasteiger partial charge in [0, 0.05) is 44.7 Å². The van der Waals surface area contributed by atoms with E-state index in [9.17, 15) is 9.59 Å². The molecule has 0 N–H and O–H groups in total. The number of hydrogen-bond donors (Lipinski definition) is 0. The molecule has 3 aromatic rings. The molecule has 6 rings (SSSR count). The highest BCUT2D eigenvalue weighted by Gasteiger charge is 2.35. The van der Waals surface area contributed by atoms with Crippen LogP contribution in [0.25, 0.3) is 11.7 Å². The SMILES string of the molecule is COc1ccc(N2CCN(c3nc4ccc(C)cn4c(=O)c3/C=C3\SC(=S)N(C[C@@H]4CCCO4)C3=O)CC2)cc1. The number of benzene rings is 1. The van der Waals surface area contributed by atoms with Crippen molar-refractivity contribution in [3.8, 4) is 5.75 Å². The summed E-state index contributed by atoms with van der Waals surface area (Å²) < 4.78 is 13.1. The number of nitrogens with zero attached hydrogens (tertiary/aromatic N) is 5. The Morgan fingerprint density at radius 1 is 1.10 bits per heavy atom. The third-order valence-electron chi connectivity index (χ3n) is 7.56. The van der Waals surface area contributed by atoms with Gasteiger partial charge in [0.05, 0.1) is 30.2 Å². The van der Waals surface area contributed by atoms with E-state index in [0.29, 0.717) is 52.5 Å². The summed E-state index contributed by atoms with van der Waals surface area (Å²) in [5.74, 6) is 1.23. The van der Waals surface area contributed by atoms with Crippen molar-refractivity contribution >= 4 is 57.4 Å². The number of rotatable bonds is 6. The third kappa shape index (κ3) is 5.21. The molecule has 1 atom stereocenters. The van der Waals surface area contributed by atoms with E-state index in [-0.39, 0.29) is 17.6 Å². The molecule has 0 bridgehead atoms. The van der Waals surface area contributed by atoms with Gasteiger partial charge < -0.3 is 19.3 Å². The van der Waals surface area contributed by atoms with Crippen molar-refractivity contribution in [2.45, 2.75) is 25.9 Å². The predicted octanol–water partition coefficient (Wildman–Crippen LogP) is 3.72. The smallest absolute Gasteiger partial charge is 0.267 e. The molecule has 3 fully saturated rings. The molecule has 0 aliphatic carbocycles. The van der Waals surface area contributed by atoms with Crippen molar-refractivity contribution in [2.75, 3.05) is 56.2 Å². The van der Waals surface area contributed by atoms with Crippen LogP contribution in [0.4, 0.5) is 11.5 Å². The van der Waals surface area contributed by atoms with Gasteiger partial charge in [-0.1, -0.05) is 30.0 Å². The fourth-order valence-electron chi connectivity index (χ4n) is 5.36. The summed E-state index contributed by atoms with van der Waals surface area (Å²) in [6.07, 6.45) is 5.37. The van der Waals surface area contributed by atoms with E-state index in [1.807, 2.05) is 31.2 Å². The van der Waals surface area contributed by atoms with Gasteiger partial charge in [0.2, 0.25) is 0 Å². The third-order valence-corrected chi connectivity index (χ3v) is 8.94. The monoisotopic (exact) mass is 577 g/mol. The molecule has 1 aromatic carbocycles. The molecule has 208 valence electrons. The number of carbonyl (C=O) groups excluding carboxylic acids is 1. The molecule has 11 heteroatoms.